The van der Waals surface area contributed by atoms with E-state index in [1.54, 1.807) is 18.3 Å². The highest BCUT2D eigenvalue weighted by molar-refractivity contribution is 5.92. The van der Waals surface area contributed by atoms with Gasteiger partial charge in [-0.1, -0.05) is 0 Å². The Bertz CT molecular complexity index is 348. The lowest BCUT2D eigenvalue weighted by molar-refractivity contribution is -0.0300. The molecule has 1 aliphatic rings. The molecular formula is C11H17N3O2. The molecule has 5 nitrogen and oxygen atoms in total. The van der Waals surface area contributed by atoms with Crippen LogP contribution in [0.25, 0.3) is 0 Å². The molecule has 16 heavy (non-hydrogen) atoms. The smallest absolute Gasteiger partial charge is 0.268 e. The van der Waals surface area contributed by atoms with Gasteiger partial charge in [0, 0.05) is 18.8 Å². The average Bonchev–Trinajstić information content (AvgIpc) is 2.79. The van der Waals surface area contributed by atoms with Gasteiger partial charge in [-0.3, -0.25) is 4.79 Å². The molecule has 0 spiro atoms. The van der Waals surface area contributed by atoms with Gasteiger partial charge in [0.1, 0.15) is 5.69 Å². The Hall–Kier alpha value is -1.33. The van der Waals surface area contributed by atoms with Crippen molar-refractivity contribution in [2.75, 3.05) is 6.61 Å². The summed E-state index contributed by atoms with van der Waals surface area (Å²) in [6, 6.07) is 3.44. The fourth-order valence-electron chi connectivity index (χ4n) is 1.93. The van der Waals surface area contributed by atoms with Crippen LogP contribution in [0, 0.1) is 0 Å². The van der Waals surface area contributed by atoms with Crippen LogP contribution in [-0.2, 0) is 4.74 Å². The van der Waals surface area contributed by atoms with Gasteiger partial charge in [-0.15, -0.1) is 0 Å². The van der Waals surface area contributed by atoms with Crippen LogP contribution in [0.2, 0.25) is 0 Å². The van der Waals surface area contributed by atoms with Crippen LogP contribution in [0.15, 0.2) is 18.3 Å². The first kappa shape index (κ1) is 11.2. The van der Waals surface area contributed by atoms with Gasteiger partial charge in [-0.05, 0) is 25.5 Å². The third-order valence-corrected chi connectivity index (χ3v) is 2.89. The van der Waals surface area contributed by atoms with Crippen LogP contribution in [-0.4, -0.2) is 35.7 Å². The fourth-order valence-corrected chi connectivity index (χ4v) is 1.93. The molecule has 1 amide bonds. The average molecular weight is 223 g/mol. The van der Waals surface area contributed by atoms with Gasteiger partial charge >= 0.3 is 0 Å². The Morgan fingerprint density at radius 1 is 1.75 bits per heavy atom. The Morgan fingerprint density at radius 3 is 3.12 bits per heavy atom. The normalized spacial score (nSPS) is 28.5. The summed E-state index contributed by atoms with van der Waals surface area (Å²) in [5, 5.41) is 2.88. The number of rotatable bonds is 4. The summed E-state index contributed by atoms with van der Waals surface area (Å²) in [4.78, 5) is 14.6. The molecule has 88 valence electrons. The first-order valence-corrected chi connectivity index (χ1v) is 5.53. The van der Waals surface area contributed by atoms with Gasteiger partial charge in [0.25, 0.3) is 5.91 Å². The van der Waals surface area contributed by atoms with E-state index in [1.807, 2.05) is 6.92 Å². The summed E-state index contributed by atoms with van der Waals surface area (Å²) >= 11 is 0. The van der Waals surface area contributed by atoms with Gasteiger partial charge in [0.05, 0.1) is 12.1 Å². The summed E-state index contributed by atoms with van der Waals surface area (Å²) in [6.07, 6.45) is 2.58. The Morgan fingerprint density at radius 2 is 2.56 bits per heavy atom. The molecule has 0 saturated heterocycles. The first-order chi connectivity index (χ1) is 7.72. The molecule has 1 aliphatic carbocycles. The molecule has 0 radical (unpaired) electrons. The number of hydrogen-bond donors (Lipinski definition) is 3. The van der Waals surface area contributed by atoms with Gasteiger partial charge < -0.3 is 20.8 Å². The van der Waals surface area contributed by atoms with Gasteiger partial charge in [-0.2, -0.15) is 0 Å². The van der Waals surface area contributed by atoms with Crippen molar-refractivity contribution in [3.63, 3.8) is 0 Å². The van der Waals surface area contributed by atoms with E-state index in [0.29, 0.717) is 12.3 Å². The predicted molar refractivity (Wildman–Crippen MR) is 60.1 cm³/mol. The lowest BCUT2D eigenvalue weighted by atomic mass is 9.83. The molecule has 0 bridgehead atoms. The zero-order valence-electron chi connectivity index (χ0n) is 9.27. The third-order valence-electron chi connectivity index (χ3n) is 2.89. The van der Waals surface area contributed by atoms with E-state index in [1.165, 1.54) is 0 Å². The lowest BCUT2D eigenvalue weighted by Gasteiger charge is -2.42. The minimum Gasteiger partial charge on any atom is -0.376 e. The number of nitrogens with one attached hydrogen (secondary N) is 2. The van der Waals surface area contributed by atoms with E-state index < -0.39 is 0 Å². The number of hydrogen-bond acceptors (Lipinski definition) is 3. The Kier molecular flexibility index (Phi) is 3.26. The number of amides is 1. The first-order valence-electron chi connectivity index (χ1n) is 5.53. The Balaban J connectivity index is 1.91. The molecule has 3 atom stereocenters. The van der Waals surface area contributed by atoms with Crippen LogP contribution in [0.3, 0.4) is 0 Å². The monoisotopic (exact) mass is 223 g/mol. The van der Waals surface area contributed by atoms with E-state index >= 15 is 0 Å². The SMILES string of the molecule is CCOC1CC(N)C1NC(=O)c1ccc[nH]1. The quantitative estimate of drug-likeness (QED) is 0.684. The second kappa shape index (κ2) is 4.67. The number of nitrogens with two attached hydrogens (primary N) is 1. The van der Waals surface area contributed by atoms with Crippen molar-refractivity contribution in [2.24, 2.45) is 5.73 Å². The minimum atomic E-state index is -0.130. The number of H-pyrrole nitrogens is 1. The van der Waals surface area contributed by atoms with Crippen molar-refractivity contribution in [3.05, 3.63) is 24.0 Å². The second-order valence-corrected chi connectivity index (χ2v) is 3.98. The summed E-state index contributed by atoms with van der Waals surface area (Å²) in [6.45, 7) is 2.58. The summed E-state index contributed by atoms with van der Waals surface area (Å²) in [5.74, 6) is -0.130. The largest absolute Gasteiger partial charge is 0.376 e. The van der Waals surface area contributed by atoms with Crippen LogP contribution >= 0.6 is 0 Å². The molecule has 1 fully saturated rings. The number of ether oxygens (including phenoxy) is 1. The number of aromatic nitrogens is 1. The standard InChI is InChI=1S/C11H17N3O2/c1-2-16-9-6-7(12)10(9)14-11(15)8-4-3-5-13-8/h3-5,7,9-10,13H,2,6,12H2,1H3,(H,14,15). The van der Waals surface area contributed by atoms with Crippen molar-refractivity contribution >= 4 is 5.91 Å². The highest BCUT2D eigenvalue weighted by Crippen LogP contribution is 2.22. The molecule has 0 aromatic carbocycles. The molecule has 1 aromatic rings. The molecular weight excluding hydrogens is 206 g/mol. The number of aromatic amines is 1. The number of carbonyl (C=O) groups excluding carboxylic acids is 1. The maximum absolute atomic E-state index is 11.8. The zero-order valence-corrected chi connectivity index (χ0v) is 9.27. The molecule has 2 rings (SSSR count). The summed E-state index contributed by atoms with van der Waals surface area (Å²) in [5.41, 5.74) is 6.39. The van der Waals surface area contributed by atoms with Crippen LogP contribution in [0.4, 0.5) is 0 Å². The van der Waals surface area contributed by atoms with Crippen molar-refractivity contribution in [2.45, 2.75) is 31.5 Å². The third kappa shape index (κ3) is 2.10. The van der Waals surface area contributed by atoms with Gasteiger partial charge in [0.2, 0.25) is 0 Å². The maximum Gasteiger partial charge on any atom is 0.268 e. The molecule has 5 heteroatoms. The van der Waals surface area contributed by atoms with E-state index in [0.717, 1.165) is 6.42 Å². The van der Waals surface area contributed by atoms with Crippen LogP contribution in [0.5, 0.6) is 0 Å². The van der Waals surface area contributed by atoms with Crippen LogP contribution < -0.4 is 11.1 Å². The molecule has 3 unspecified atom stereocenters. The van der Waals surface area contributed by atoms with E-state index in [4.69, 9.17) is 10.5 Å². The number of carbonyl (C=O) groups is 1. The molecule has 1 heterocycles. The summed E-state index contributed by atoms with van der Waals surface area (Å²) in [7, 11) is 0. The highest BCUT2D eigenvalue weighted by Gasteiger charge is 2.40. The van der Waals surface area contributed by atoms with Gasteiger partial charge in [-0.25, -0.2) is 0 Å². The van der Waals surface area contributed by atoms with E-state index in [9.17, 15) is 4.79 Å². The van der Waals surface area contributed by atoms with Crippen molar-refractivity contribution in [3.8, 4) is 0 Å². The van der Waals surface area contributed by atoms with Crippen molar-refractivity contribution in [1.29, 1.82) is 0 Å². The van der Waals surface area contributed by atoms with Crippen molar-refractivity contribution in [1.82, 2.24) is 10.3 Å². The minimum absolute atomic E-state index is 0.00420. The molecule has 1 aromatic heterocycles. The Labute approximate surface area is 94.4 Å². The van der Waals surface area contributed by atoms with Gasteiger partial charge in [0.15, 0.2) is 0 Å². The second-order valence-electron chi connectivity index (χ2n) is 3.98. The fraction of sp³-hybridized carbons (Fsp3) is 0.545. The molecule has 0 aliphatic heterocycles. The topological polar surface area (TPSA) is 80.1 Å². The maximum atomic E-state index is 11.8. The van der Waals surface area contributed by atoms with E-state index in [-0.39, 0.29) is 24.1 Å². The summed E-state index contributed by atoms with van der Waals surface area (Å²) < 4.78 is 5.47. The van der Waals surface area contributed by atoms with Crippen molar-refractivity contribution < 1.29 is 9.53 Å². The van der Waals surface area contributed by atoms with E-state index in [2.05, 4.69) is 10.3 Å². The highest BCUT2D eigenvalue weighted by atomic mass is 16.5. The lowest BCUT2D eigenvalue weighted by Crippen LogP contribution is -2.64. The molecule has 1 saturated carbocycles. The van der Waals surface area contributed by atoms with Crippen LogP contribution in [0.1, 0.15) is 23.8 Å². The zero-order chi connectivity index (χ0) is 11.5. The predicted octanol–water partition coefficient (Wildman–Crippen LogP) is 0.249. The molecule has 4 N–H and O–H groups in total.